The van der Waals surface area contributed by atoms with Crippen LogP contribution in [0, 0.1) is 0 Å². The van der Waals surface area contributed by atoms with E-state index < -0.39 is 0 Å². The van der Waals surface area contributed by atoms with Gasteiger partial charge in [-0.05, 0) is 37.1 Å². The highest BCUT2D eigenvalue weighted by molar-refractivity contribution is 5.94. The van der Waals surface area contributed by atoms with Gasteiger partial charge < -0.3 is 19.0 Å². The van der Waals surface area contributed by atoms with Crippen LogP contribution in [0.3, 0.4) is 0 Å². The summed E-state index contributed by atoms with van der Waals surface area (Å²) >= 11 is 0. The van der Waals surface area contributed by atoms with E-state index in [4.69, 9.17) is 9.15 Å². The summed E-state index contributed by atoms with van der Waals surface area (Å²) < 4.78 is 11.3. The third kappa shape index (κ3) is 4.12. The van der Waals surface area contributed by atoms with Crippen LogP contribution in [-0.4, -0.2) is 60.0 Å². The number of amides is 2. The van der Waals surface area contributed by atoms with Gasteiger partial charge in [-0.15, -0.1) is 0 Å². The van der Waals surface area contributed by atoms with E-state index in [1.54, 1.807) is 12.1 Å². The van der Waals surface area contributed by atoms with Crippen molar-refractivity contribution in [2.24, 2.45) is 0 Å². The number of rotatable bonds is 5. The molecule has 2 fully saturated rings. The van der Waals surface area contributed by atoms with Gasteiger partial charge in [0.15, 0.2) is 5.76 Å². The van der Waals surface area contributed by atoms with Crippen LogP contribution in [0.4, 0.5) is 0 Å². The number of hydrogen-bond acceptors (Lipinski definition) is 4. The number of carbonyl (C=O) groups excluding carboxylic acids is 2. The molecule has 0 N–H and O–H groups in total. The lowest BCUT2D eigenvalue weighted by Crippen LogP contribution is -2.52. The lowest BCUT2D eigenvalue weighted by atomic mass is 10.1. The van der Waals surface area contributed by atoms with Crippen LogP contribution in [-0.2, 0) is 4.74 Å². The molecule has 0 spiro atoms. The van der Waals surface area contributed by atoms with Crippen molar-refractivity contribution in [3.8, 4) is 0 Å². The molecule has 1 aliphatic carbocycles. The number of ether oxygens (including phenoxy) is 1. The molecule has 1 aromatic carbocycles. The van der Waals surface area contributed by atoms with E-state index >= 15 is 0 Å². The molecule has 1 saturated heterocycles. The summed E-state index contributed by atoms with van der Waals surface area (Å²) in [5, 5.41) is 0. The Bertz CT molecular complexity index is 784. The first kappa shape index (κ1) is 18.7. The van der Waals surface area contributed by atoms with Gasteiger partial charge in [0.25, 0.3) is 11.8 Å². The third-order valence-corrected chi connectivity index (χ3v) is 5.61. The molecule has 2 amide bonds. The largest absolute Gasteiger partial charge is 0.459 e. The molecule has 2 aromatic rings. The van der Waals surface area contributed by atoms with E-state index in [0.717, 1.165) is 25.7 Å². The van der Waals surface area contributed by atoms with Crippen LogP contribution in [0.5, 0.6) is 0 Å². The topological polar surface area (TPSA) is 63.0 Å². The number of benzene rings is 1. The summed E-state index contributed by atoms with van der Waals surface area (Å²) in [6.45, 7) is 2.02. The average Bonchev–Trinajstić information content (AvgIpc) is 3.46. The molecule has 148 valence electrons. The molecule has 1 aliphatic heterocycles. The van der Waals surface area contributed by atoms with Crippen LogP contribution in [0.1, 0.15) is 46.6 Å². The summed E-state index contributed by atoms with van der Waals surface area (Å²) in [6.07, 6.45) is 5.61. The molecule has 6 nitrogen and oxygen atoms in total. The SMILES string of the molecule is O=C(c1ccccc1)N1CCOC(CN(C(=O)c2ccco2)C2CCCC2)C1. The standard InChI is InChI=1S/C22H26N2O4/c25-21(17-7-2-1-3-8-17)23-12-14-27-19(15-23)16-24(18-9-4-5-10-18)22(26)20-11-6-13-28-20/h1-3,6-8,11,13,18-19H,4-5,9-10,12,14-16H2. The quantitative estimate of drug-likeness (QED) is 0.797. The number of carbonyl (C=O) groups is 2. The molecule has 0 radical (unpaired) electrons. The lowest BCUT2D eigenvalue weighted by molar-refractivity contribution is -0.0374. The molecule has 1 saturated carbocycles. The summed E-state index contributed by atoms with van der Waals surface area (Å²) in [4.78, 5) is 29.5. The predicted molar refractivity (Wildman–Crippen MR) is 104 cm³/mol. The Morgan fingerprint density at radius 3 is 2.57 bits per heavy atom. The van der Waals surface area contributed by atoms with Crippen LogP contribution < -0.4 is 0 Å². The summed E-state index contributed by atoms with van der Waals surface area (Å²) in [7, 11) is 0. The minimum absolute atomic E-state index is 0.0127. The molecule has 1 atom stereocenters. The highest BCUT2D eigenvalue weighted by Crippen LogP contribution is 2.26. The van der Waals surface area contributed by atoms with E-state index in [-0.39, 0.29) is 24.0 Å². The van der Waals surface area contributed by atoms with Gasteiger partial charge in [0.05, 0.1) is 19.0 Å². The molecular weight excluding hydrogens is 356 g/mol. The Balaban J connectivity index is 1.45. The van der Waals surface area contributed by atoms with Crippen LogP contribution in [0.25, 0.3) is 0 Å². The molecule has 2 aliphatic rings. The predicted octanol–water partition coefficient (Wildman–Crippen LogP) is 3.21. The van der Waals surface area contributed by atoms with Crippen LogP contribution >= 0.6 is 0 Å². The second-order valence-corrected chi connectivity index (χ2v) is 7.48. The number of morpholine rings is 1. The van der Waals surface area contributed by atoms with E-state index in [2.05, 4.69) is 0 Å². The Morgan fingerprint density at radius 2 is 1.86 bits per heavy atom. The Morgan fingerprint density at radius 1 is 1.07 bits per heavy atom. The van der Waals surface area contributed by atoms with Crippen molar-refractivity contribution in [1.82, 2.24) is 9.80 Å². The maximum atomic E-state index is 13.0. The highest BCUT2D eigenvalue weighted by Gasteiger charge is 2.33. The van der Waals surface area contributed by atoms with Crippen molar-refractivity contribution in [3.05, 3.63) is 60.1 Å². The van der Waals surface area contributed by atoms with Gasteiger partial charge in [-0.3, -0.25) is 9.59 Å². The van der Waals surface area contributed by atoms with Gasteiger partial charge in [-0.1, -0.05) is 31.0 Å². The molecule has 1 unspecified atom stereocenters. The van der Waals surface area contributed by atoms with Gasteiger partial charge in [0.2, 0.25) is 0 Å². The second kappa shape index (κ2) is 8.61. The number of hydrogen-bond donors (Lipinski definition) is 0. The number of furan rings is 1. The van der Waals surface area contributed by atoms with Gasteiger partial charge >= 0.3 is 0 Å². The van der Waals surface area contributed by atoms with E-state index in [9.17, 15) is 9.59 Å². The van der Waals surface area contributed by atoms with Gasteiger partial charge in [-0.2, -0.15) is 0 Å². The fourth-order valence-corrected chi connectivity index (χ4v) is 4.15. The van der Waals surface area contributed by atoms with Crippen molar-refractivity contribution in [2.45, 2.75) is 37.8 Å². The van der Waals surface area contributed by atoms with Crippen molar-refractivity contribution in [2.75, 3.05) is 26.2 Å². The Kier molecular flexibility index (Phi) is 5.76. The summed E-state index contributed by atoms with van der Waals surface area (Å²) in [5.74, 6) is 0.283. The fourth-order valence-electron chi connectivity index (χ4n) is 4.15. The zero-order valence-electron chi connectivity index (χ0n) is 16.0. The minimum Gasteiger partial charge on any atom is -0.459 e. The Hall–Kier alpha value is -2.60. The molecule has 0 bridgehead atoms. The summed E-state index contributed by atoms with van der Waals surface area (Å²) in [5.41, 5.74) is 0.683. The van der Waals surface area contributed by atoms with Crippen LogP contribution in [0.15, 0.2) is 53.1 Å². The maximum absolute atomic E-state index is 13.0. The van der Waals surface area contributed by atoms with Crippen molar-refractivity contribution in [3.63, 3.8) is 0 Å². The average molecular weight is 382 g/mol. The smallest absolute Gasteiger partial charge is 0.289 e. The first-order valence-electron chi connectivity index (χ1n) is 10.0. The zero-order chi connectivity index (χ0) is 19.3. The molecule has 2 heterocycles. The maximum Gasteiger partial charge on any atom is 0.289 e. The van der Waals surface area contributed by atoms with E-state index in [0.29, 0.717) is 37.6 Å². The molecular formula is C22H26N2O4. The van der Waals surface area contributed by atoms with Crippen LogP contribution in [0.2, 0.25) is 0 Å². The third-order valence-electron chi connectivity index (χ3n) is 5.61. The van der Waals surface area contributed by atoms with Crippen molar-refractivity contribution in [1.29, 1.82) is 0 Å². The number of nitrogens with zero attached hydrogens (tertiary/aromatic N) is 2. The van der Waals surface area contributed by atoms with E-state index in [1.165, 1.54) is 6.26 Å². The molecule has 4 rings (SSSR count). The van der Waals surface area contributed by atoms with Gasteiger partial charge in [0, 0.05) is 31.2 Å². The monoisotopic (exact) mass is 382 g/mol. The highest BCUT2D eigenvalue weighted by atomic mass is 16.5. The van der Waals surface area contributed by atoms with Gasteiger partial charge in [0.1, 0.15) is 0 Å². The first-order chi connectivity index (χ1) is 13.7. The van der Waals surface area contributed by atoms with Gasteiger partial charge in [-0.25, -0.2) is 0 Å². The van der Waals surface area contributed by atoms with E-state index in [1.807, 2.05) is 40.1 Å². The summed E-state index contributed by atoms with van der Waals surface area (Å²) in [6, 6.07) is 13.0. The Labute approximate surface area is 165 Å². The first-order valence-corrected chi connectivity index (χ1v) is 10.0. The second-order valence-electron chi connectivity index (χ2n) is 7.48. The molecule has 6 heteroatoms. The van der Waals surface area contributed by atoms with Crippen molar-refractivity contribution < 1.29 is 18.7 Å². The normalized spacial score (nSPS) is 20.3. The minimum atomic E-state index is -0.194. The van der Waals surface area contributed by atoms with Crippen molar-refractivity contribution >= 4 is 11.8 Å². The zero-order valence-corrected chi connectivity index (χ0v) is 16.0. The fraction of sp³-hybridized carbons (Fsp3) is 0.455. The lowest BCUT2D eigenvalue weighted by Gasteiger charge is -2.37. The molecule has 1 aromatic heterocycles. The molecule has 28 heavy (non-hydrogen) atoms.